The molecule has 110 valence electrons. The summed E-state index contributed by atoms with van der Waals surface area (Å²) in [6.45, 7) is 4.31. The van der Waals surface area contributed by atoms with Gasteiger partial charge in [0, 0.05) is 31.7 Å². The summed E-state index contributed by atoms with van der Waals surface area (Å²) in [7, 11) is 1.90. The fraction of sp³-hybridized carbons (Fsp3) is 0.429. The molecule has 1 aromatic rings. The van der Waals surface area contributed by atoms with Crippen LogP contribution in [0.3, 0.4) is 0 Å². The molecule has 0 aliphatic rings. The van der Waals surface area contributed by atoms with Crippen molar-refractivity contribution in [2.45, 2.75) is 19.9 Å². The molecule has 1 rings (SSSR count). The number of carbonyl (C=O) groups is 2. The zero-order chi connectivity index (χ0) is 15.0. The Morgan fingerprint density at radius 3 is 2.25 bits per heavy atom. The van der Waals surface area contributed by atoms with Crippen molar-refractivity contribution in [3.05, 3.63) is 29.8 Å². The number of amides is 3. The molecule has 3 amide bonds. The van der Waals surface area contributed by atoms with E-state index in [4.69, 9.17) is 0 Å². The third kappa shape index (κ3) is 5.71. The minimum Gasteiger partial charge on any atom is -0.355 e. The van der Waals surface area contributed by atoms with Gasteiger partial charge in [-0.15, -0.1) is 0 Å². The van der Waals surface area contributed by atoms with E-state index in [1.807, 2.05) is 31.3 Å². The average Bonchev–Trinajstić information content (AvgIpc) is 2.43. The fourth-order valence-corrected chi connectivity index (χ4v) is 1.61. The van der Waals surface area contributed by atoms with Gasteiger partial charge in [0.2, 0.25) is 5.91 Å². The van der Waals surface area contributed by atoms with Crippen LogP contribution in [-0.4, -0.2) is 32.1 Å². The van der Waals surface area contributed by atoms with Crippen LogP contribution in [0.2, 0.25) is 0 Å². The molecular formula is C14H22N4O2. The molecule has 0 aliphatic heterocycles. The summed E-state index contributed by atoms with van der Waals surface area (Å²) < 4.78 is 0. The highest BCUT2D eigenvalue weighted by Gasteiger charge is 2.04. The molecule has 6 heteroatoms. The highest BCUT2D eigenvalue weighted by atomic mass is 16.2. The maximum Gasteiger partial charge on any atom is 0.319 e. The average molecular weight is 278 g/mol. The van der Waals surface area contributed by atoms with Crippen LogP contribution in [-0.2, 0) is 4.79 Å². The van der Waals surface area contributed by atoms with Gasteiger partial charge in [-0.05, 0) is 31.7 Å². The van der Waals surface area contributed by atoms with Crippen LogP contribution in [0.1, 0.15) is 25.5 Å². The van der Waals surface area contributed by atoms with E-state index in [2.05, 4.69) is 28.2 Å². The predicted molar refractivity (Wildman–Crippen MR) is 79.6 cm³/mol. The summed E-state index contributed by atoms with van der Waals surface area (Å²) in [5, 5.41) is 11.1. The van der Waals surface area contributed by atoms with Gasteiger partial charge in [0.15, 0.2) is 0 Å². The van der Waals surface area contributed by atoms with E-state index in [9.17, 15) is 9.59 Å². The van der Waals surface area contributed by atoms with Crippen LogP contribution < -0.4 is 21.3 Å². The molecule has 0 spiro atoms. The maximum atomic E-state index is 11.6. The van der Waals surface area contributed by atoms with E-state index >= 15 is 0 Å². The van der Waals surface area contributed by atoms with E-state index in [0.717, 1.165) is 11.3 Å². The summed E-state index contributed by atoms with van der Waals surface area (Å²) in [6.07, 6.45) is 0. The van der Waals surface area contributed by atoms with Gasteiger partial charge in [-0.3, -0.25) is 4.79 Å². The molecule has 0 saturated carbocycles. The van der Waals surface area contributed by atoms with Crippen LogP contribution in [0.4, 0.5) is 10.5 Å². The molecule has 1 unspecified atom stereocenters. The van der Waals surface area contributed by atoms with Crippen molar-refractivity contribution in [1.82, 2.24) is 16.0 Å². The SMILES string of the molecule is CNC(C)c1ccc(NC(=O)NCCNC(C)=O)cc1. The molecule has 0 radical (unpaired) electrons. The normalized spacial score (nSPS) is 11.6. The first kappa shape index (κ1) is 16.0. The lowest BCUT2D eigenvalue weighted by molar-refractivity contribution is -0.118. The monoisotopic (exact) mass is 278 g/mol. The van der Waals surface area contributed by atoms with Crippen LogP contribution >= 0.6 is 0 Å². The second-order valence-corrected chi connectivity index (χ2v) is 4.50. The molecule has 6 nitrogen and oxygen atoms in total. The zero-order valence-corrected chi connectivity index (χ0v) is 12.1. The van der Waals surface area contributed by atoms with Crippen molar-refractivity contribution in [3.8, 4) is 0 Å². The van der Waals surface area contributed by atoms with Gasteiger partial charge in [-0.2, -0.15) is 0 Å². The number of carbonyl (C=O) groups excluding carboxylic acids is 2. The van der Waals surface area contributed by atoms with Gasteiger partial charge in [0.05, 0.1) is 0 Å². The smallest absolute Gasteiger partial charge is 0.319 e. The summed E-state index contributed by atoms with van der Waals surface area (Å²) in [6, 6.07) is 7.63. The Morgan fingerprint density at radius 2 is 1.70 bits per heavy atom. The Balaban J connectivity index is 2.36. The van der Waals surface area contributed by atoms with Crippen LogP contribution in [0, 0.1) is 0 Å². The van der Waals surface area contributed by atoms with Crippen molar-refractivity contribution in [2.75, 3.05) is 25.5 Å². The number of anilines is 1. The molecule has 0 fully saturated rings. The molecule has 20 heavy (non-hydrogen) atoms. The second-order valence-electron chi connectivity index (χ2n) is 4.50. The van der Waals surface area contributed by atoms with Crippen molar-refractivity contribution in [3.63, 3.8) is 0 Å². The lowest BCUT2D eigenvalue weighted by atomic mass is 10.1. The Bertz CT molecular complexity index is 445. The van der Waals surface area contributed by atoms with Gasteiger partial charge >= 0.3 is 6.03 Å². The second kappa shape index (κ2) is 8.16. The Labute approximate surface area is 119 Å². The molecule has 0 heterocycles. The predicted octanol–water partition coefficient (Wildman–Crippen LogP) is 1.22. The fourth-order valence-electron chi connectivity index (χ4n) is 1.61. The van der Waals surface area contributed by atoms with Gasteiger partial charge in [0.1, 0.15) is 0 Å². The van der Waals surface area contributed by atoms with Crippen LogP contribution in [0.5, 0.6) is 0 Å². The first-order chi connectivity index (χ1) is 9.52. The van der Waals surface area contributed by atoms with E-state index in [-0.39, 0.29) is 18.0 Å². The van der Waals surface area contributed by atoms with Gasteiger partial charge in [-0.25, -0.2) is 4.79 Å². The number of rotatable bonds is 6. The quantitative estimate of drug-likeness (QED) is 0.591. The van der Waals surface area contributed by atoms with Crippen LogP contribution in [0.15, 0.2) is 24.3 Å². The van der Waals surface area contributed by atoms with Gasteiger partial charge in [0.25, 0.3) is 0 Å². The number of hydrogen-bond donors (Lipinski definition) is 4. The lowest BCUT2D eigenvalue weighted by Crippen LogP contribution is -2.36. The van der Waals surface area contributed by atoms with Crippen molar-refractivity contribution >= 4 is 17.6 Å². The summed E-state index contributed by atoms with van der Waals surface area (Å²) in [5.74, 6) is -0.110. The third-order valence-electron chi connectivity index (χ3n) is 2.89. The van der Waals surface area contributed by atoms with E-state index in [1.54, 1.807) is 0 Å². The third-order valence-corrected chi connectivity index (χ3v) is 2.89. The highest BCUT2D eigenvalue weighted by Crippen LogP contribution is 2.15. The van der Waals surface area contributed by atoms with Crippen molar-refractivity contribution < 1.29 is 9.59 Å². The molecule has 4 N–H and O–H groups in total. The zero-order valence-electron chi connectivity index (χ0n) is 12.1. The molecule has 0 saturated heterocycles. The Hall–Kier alpha value is -2.08. The minimum absolute atomic E-state index is 0.110. The standard InChI is InChI=1S/C14H22N4O2/c1-10(15-3)12-4-6-13(7-5-12)18-14(20)17-9-8-16-11(2)19/h4-7,10,15H,8-9H2,1-3H3,(H,16,19)(H2,17,18,20). The summed E-state index contributed by atoms with van der Waals surface area (Å²) in [5.41, 5.74) is 1.89. The molecular weight excluding hydrogens is 256 g/mol. The minimum atomic E-state index is -0.287. The van der Waals surface area contributed by atoms with E-state index in [0.29, 0.717) is 13.1 Å². The molecule has 0 aromatic heterocycles. The number of hydrogen-bond acceptors (Lipinski definition) is 3. The van der Waals surface area contributed by atoms with Gasteiger partial charge < -0.3 is 21.3 Å². The summed E-state index contributed by atoms with van der Waals surface area (Å²) in [4.78, 5) is 22.2. The van der Waals surface area contributed by atoms with Gasteiger partial charge in [-0.1, -0.05) is 12.1 Å². The van der Waals surface area contributed by atoms with Crippen molar-refractivity contribution in [2.24, 2.45) is 0 Å². The highest BCUT2D eigenvalue weighted by molar-refractivity contribution is 5.89. The lowest BCUT2D eigenvalue weighted by Gasteiger charge is -2.12. The topological polar surface area (TPSA) is 82.3 Å². The molecule has 0 bridgehead atoms. The number of benzene rings is 1. The largest absolute Gasteiger partial charge is 0.355 e. The Kier molecular flexibility index (Phi) is 6.52. The molecule has 0 aliphatic carbocycles. The van der Waals surface area contributed by atoms with Crippen LogP contribution in [0.25, 0.3) is 0 Å². The first-order valence-corrected chi connectivity index (χ1v) is 6.59. The summed E-state index contributed by atoms with van der Waals surface area (Å²) >= 11 is 0. The number of nitrogens with one attached hydrogen (secondary N) is 4. The Morgan fingerprint density at radius 1 is 1.10 bits per heavy atom. The van der Waals surface area contributed by atoms with Crippen molar-refractivity contribution in [1.29, 1.82) is 0 Å². The molecule has 1 atom stereocenters. The first-order valence-electron chi connectivity index (χ1n) is 6.59. The van der Waals surface area contributed by atoms with E-state index < -0.39 is 0 Å². The van der Waals surface area contributed by atoms with E-state index in [1.165, 1.54) is 6.92 Å². The number of urea groups is 1. The molecule has 1 aromatic carbocycles. The maximum absolute atomic E-state index is 11.6.